The Hall–Kier alpha value is -2.15. The summed E-state index contributed by atoms with van der Waals surface area (Å²) < 4.78 is 0. The molecule has 2 amide bonds. The molecule has 1 aromatic heterocycles. The van der Waals surface area contributed by atoms with Crippen molar-refractivity contribution in [2.24, 2.45) is 5.73 Å². The lowest BCUT2D eigenvalue weighted by molar-refractivity contribution is -0.131. The Morgan fingerprint density at radius 2 is 2.00 bits per heavy atom. The van der Waals surface area contributed by atoms with Crippen molar-refractivity contribution in [1.82, 2.24) is 0 Å². The summed E-state index contributed by atoms with van der Waals surface area (Å²) in [6, 6.07) is 1.63. The van der Waals surface area contributed by atoms with Crippen molar-refractivity contribution in [2.75, 3.05) is 5.32 Å². The Bertz CT molecular complexity index is 546. The Labute approximate surface area is 113 Å². The van der Waals surface area contributed by atoms with E-state index in [1.165, 1.54) is 11.3 Å². The van der Waals surface area contributed by atoms with Gasteiger partial charge in [-0.15, -0.1) is 11.3 Å². The van der Waals surface area contributed by atoms with Gasteiger partial charge in [-0.1, -0.05) is 13.8 Å². The lowest BCUT2D eigenvalue weighted by Crippen LogP contribution is -2.15. The van der Waals surface area contributed by atoms with Crippen LogP contribution in [0.5, 0.6) is 0 Å². The zero-order chi connectivity index (χ0) is 14.6. The van der Waals surface area contributed by atoms with Crippen molar-refractivity contribution < 1.29 is 19.5 Å². The van der Waals surface area contributed by atoms with Gasteiger partial charge in [0.1, 0.15) is 5.00 Å². The van der Waals surface area contributed by atoms with Gasteiger partial charge in [-0.3, -0.25) is 9.59 Å². The number of carbonyl (C=O) groups is 3. The summed E-state index contributed by atoms with van der Waals surface area (Å²) in [5, 5.41) is 11.2. The normalized spacial score (nSPS) is 10.9. The number of carboxylic acid groups (broad SMARTS) is 1. The Morgan fingerprint density at radius 3 is 2.47 bits per heavy atom. The van der Waals surface area contributed by atoms with Gasteiger partial charge in [0.15, 0.2) is 0 Å². The van der Waals surface area contributed by atoms with Crippen molar-refractivity contribution >= 4 is 34.1 Å². The third-order valence-corrected chi connectivity index (χ3v) is 3.55. The molecular formula is C12H14N2O4S. The molecule has 0 aliphatic rings. The topological polar surface area (TPSA) is 109 Å². The van der Waals surface area contributed by atoms with E-state index in [0.29, 0.717) is 5.00 Å². The van der Waals surface area contributed by atoms with Gasteiger partial charge < -0.3 is 16.2 Å². The van der Waals surface area contributed by atoms with E-state index in [1.807, 2.05) is 13.8 Å². The predicted octanol–water partition coefficient (Wildman–Crippen LogP) is 1.55. The summed E-state index contributed by atoms with van der Waals surface area (Å²) >= 11 is 1.24. The fourth-order valence-corrected chi connectivity index (χ4v) is 2.34. The monoisotopic (exact) mass is 282 g/mol. The first-order chi connectivity index (χ1) is 8.81. The van der Waals surface area contributed by atoms with Gasteiger partial charge in [0.05, 0.1) is 5.56 Å². The molecule has 0 atom stereocenters. The predicted molar refractivity (Wildman–Crippen MR) is 72.3 cm³/mol. The number of hydrogen-bond donors (Lipinski definition) is 3. The molecule has 1 heterocycles. The van der Waals surface area contributed by atoms with Gasteiger partial charge in [0.25, 0.3) is 5.91 Å². The molecule has 7 heteroatoms. The third-order valence-electron chi connectivity index (χ3n) is 2.20. The molecule has 4 N–H and O–H groups in total. The number of rotatable bonds is 5. The fraction of sp³-hybridized carbons (Fsp3) is 0.250. The maximum Gasteiger partial charge on any atom is 0.328 e. The minimum absolute atomic E-state index is 0.198. The zero-order valence-electron chi connectivity index (χ0n) is 10.5. The number of thiophene rings is 1. The molecule has 6 nitrogen and oxygen atoms in total. The summed E-state index contributed by atoms with van der Waals surface area (Å²) in [6.45, 7) is 3.90. The van der Waals surface area contributed by atoms with Gasteiger partial charge >= 0.3 is 5.97 Å². The maximum atomic E-state index is 11.5. The fourth-order valence-electron chi connectivity index (χ4n) is 1.27. The number of hydrogen-bond acceptors (Lipinski definition) is 4. The highest BCUT2D eigenvalue weighted by Gasteiger charge is 2.16. The Kier molecular flexibility index (Phi) is 4.82. The smallest absolute Gasteiger partial charge is 0.328 e. The van der Waals surface area contributed by atoms with Crippen LogP contribution in [0.4, 0.5) is 5.00 Å². The van der Waals surface area contributed by atoms with Crippen LogP contribution >= 0.6 is 11.3 Å². The summed E-state index contributed by atoms with van der Waals surface area (Å²) in [4.78, 5) is 33.9. The van der Waals surface area contributed by atoms with E-state index in [4.69, 9.17) is 10.8 Å². The highest BCUT2D eigenvalue weighted by atomic mass is 32.1. The molecule has 0 fully saturated rings. The average Bonchev–Trinajstić information content (AvgIpc) is 2.70. The van der Waals surface area contributed by atoms with Gasteiger partial charge in [-0.05, 0) is 12.0 Å². The van der Waals surface area contributed by atoms with E-state index in [9.17, 15) is 14.4 Å². The second-order valence-electron chi connectivity index (χ2n) is 4.07. The van der Waals surface area contributed by atoms with E-state index >= 15 is 0 Å². The van der Waals surface area contributed by atoms with Crippen LogP contribution in [0.2, 0.25) is 0 Å². The quantitative estimate of drug-likeness (QED) is 0.712. The summed E-state index contributed by atoms with van der Waals surface area (Å²) in [7, 11) is 0. The van der Waals surface area contributed by atoms with Crippen LogP contribution in [0.1, 0.15) is 35.0 Å². The molecule has 0 spiro atoms. The highest BCUT2D eigenvalue weighted by Crippen LogP contribution is 2.32. The molecule has 102 valence electrons. The second kappa shape index (κ2) is 6.14. The molecule has 1 rings (SSSR count). The number of anilines is 1. The number of primary amides is 1. The first-order valence-electron chi connectivity index (χ1n) is 5.46. The van der Waals surface area contributed by atoms with Gasteiger partial charge in [-0.2, -0.15) is 0 Å². The van der Waals surface area contributed by atoms with Crippen LogP contribution in [0.15, 0.2) is 18.2 Å². The molecule has 0 saturated carbocycles. The first-order valence-corrected chi connectivity index (χ1v) is 6.28. The molecule has 0 radical (unpaired) electrons. The number of amides is 2. The molecule has 0 aliphatic carbocycles. The number of nitrogens with one attached hydrogen (secondary N) is 1. The zero-order valence-corrected chi connectivity index (χ0v) is 11.3. The SMILES string of the molecule is CC(C)c1cc(C(N)=O)c(NC(=O)/C=C/C(=O)O)s1. The number of nitrogens with two attached hydrogens (primary N) is 1. The molecule has 0 saturated heterocycles. The van der Waals surface area contributed by atoms with Gasteiger partial charge in [-0.25, -0.2) is 4.79 Å². The van der Waals surface area contributed by atoms with Gasteiger partial charge in [0.2, 0.25) is 5.91 Å². The molecule has 0 aliphatic heterocycles. The molecule has 0 bridgehead atoms. The molecule has 0 unspecified atom stereocenters. The van der Waals surface area contributed by atoms with Crippen LogP contribution in [0, 0.1) is 0 Å². The molecular weight excluding hydrogens is 268 g/mol. The average molecular weight is 282 g/mol. The van der Waals surface area contributed by atoms with Crippen molar-refractivity contribution in [3.63, 3.8) is 0 Å². The standard InChI is InChI=1S/C12H14N2O4S/c1-6(2)8-5-7(11(13)18)12(19-8)14-9(15)3-4-10(16)17/h3-6H,1-2H3,(H2,13,18)(H,14,15)(H,16,17)/b4-3+. The summed E-state index contributed by atoms with van der Waals surface area (Å²) in [5.41, 5.74) is 5.46. The first kappa shape index (κ1) is 14.9. The lowest BCUT2D eigenvalue weighted by atomic mass is 10.1. The Balaban J connectivity index is 2.96. The number of carbonyl (C=O) groups excluding carboxylic acids is 2. The summed E-state index contributed by atoms with van der Waals surface area (Å²) in [5.74, 6) is -2.29. The van der Waals surface area contributed by atoms with E-state index in [0.717, 1.165) is 17.0 Å². The van der Waals surface area contributed by atoms with Gasteiger partial charge in [0, 0.05) is 17.0 Å². The van der Waals surface area contributed by atoms with Crippen LogP contribution in [-0.4, -0.2) is 22.9 Å². The molecule has 1 aromatic rings. The van der Waals surface area contributed by atoms with Crippen molar-refractivity contribution in [3.8, 4) is 0 Å². The van der Waals surface area contributed by atoms with Crippen molar-refractivity contribution in [3.05, 3.63) is 28.7 Å². The van der Waals surface area contributed by atoms with Crippen molar-refractivity contribution in [1.29, 1.82) is 0 Å². The lowest BCUT2D eigenvalue weighted by Gasteiger charge is -2.00. The highest BCUT2D eigenvalue weighted by molar-refractivity contribution is 7.16. The molecule has 0 aromatic carbocycles. The second-order valence-corrected chi connectivity index (χ2v) is 5.16. The van der Waals surface area contributed by atoms with Crippen molar-refractivity contribution in [2.45, 2.75) is 19.8 Å². The van der Waals surface area contributed by atoms with Crippen LogP contribution in [0.3, 0.4) is 0 Å². The number of aliphatic carboxylic acids is 1. The largest absolute Gasteiger partial charge is 0.478 e. The molecule has 19 heavy (non-hydrogen) atoms. The van der Waals surface area contributed by atoms with Crippen LogP contribution in [-0.2, 0) is 9.59 Å². The third kappa shape index (κ3) is 4.22. The van der Waals surface area contributed by atoms with E-state index in [2.05, 4.69) is 5.32 Å². The Morgan fingerprint density at radius 1 is 1.37 bits per heavy atom. The number of carboxylic acids is 1. The maximum absolute atomic E-state index is 11.5. The summed E-state index contributed by atoms with van der Waals surface area (Å²) in [6.07, 6.45) is 1.60. The minimum atomic E-state index is -1.22. The minimum Gasteiger partial charge on any atom is -0.478 e. The van der Waals surface area contributed by atoms with E-state index in [-0.39, 0.29) is 11.5 Å². The van der Waals surface area contributed by atoms with Crippen LogP contribution < -0.4 is 11.1 Å². The van der Waals surface area contributed by atoms with E-state index in [1.54, 1.807) is 6.07 Å². The van der Waals surface area contributed by atoms with Crippen LogP contribution in [0.25, 0.3) is 0 Å². The van der Waals surface area contributed by atoms with E-state index < -0.39 is 17.8 Å².